The second-order valence-electron chi connectivity index (χ2n) is 6.49. The van der Waals surface area contributed by atoms with Crippen molar-refractivity contribution >= 4 is 23.0 Å². The third kappa shape index (κ3) is 2.78. The fourth-order valence-electron chi connectivity index (χ4n) is 3.51. The van der Waals surface area contributed by atoms with E-state index in [2.05, 4.69) is 15.0 Å². The molecule has 1 aromatic carbocycles. The molecule has 2 saturated heterocycles. The summed E-state index contributed by atoms with van der Waals surface area (Å²) in [5.74, 6) is -0.132. The summed E-state index contributed by atoms with van der Waals surface area (Å²) >= 11 is 0. The average Bonchev–Trinajstić information content (AvgIpc) is 3.43. The van der Waals surface area contributed by atoms with Gasteiger partial charge in [-0.25, -0.2) is 19.7 Å². The van der Waals surface area contributed by atoms with Crippen molar-refractivity contribution in [3.05, 3.63) is 48.5 Å². The molecular weight excluding hydrogens is 366 g/mol. The number of nitrogens with two attached hydrogens (primary N) is 1. The van der Waals surface area contributed by atoms with Crippen LogP contribution in [0.3, 0.4) is 0 Å². The fourth-order valence-corrected chi connectivity index (χ4v) is 3.51. The van der Waals surface area contributed by atoms with E-state index in [0.29, 0.717) is 16.7 Å². The molecule has 10 nitrogen and oxygen atoms in total. The van der Waals surface area contributed by atoms with E-state index >= 15 is 0 Å². The second-order valence-corrected chi connectivity index (χ2v) is 6.49. The third-order valence-corrected chi connectivity index (χ3v) is 4.86. The van der Waals surface area contributed by atoms with Crippen molar-refractivity contribution in [1.29, 1.82) is 0 Å². The number of carbonyl (C=O) groups excluding carboxylic acids is 1. The lowest BCUT2D eigenvalue weighted by Gasteiger charge is -2.18. The Hall–Kier alpha value is -3.08. The van der Waals surface area contributed by atoms with E-state index < -0.39 is 18.3 Å². The smallest absolute Gasteiger partial charge is 0.338 e. The molecule has 0 saturated carbocycles. The van der Waals surface area contributed by atoms with Crippen LogP contribution in [0.25, 0.3) is 11.2 Å². The minimum Gasteiger partial charge on any atom is -0.459 e. The molecule has 0 aliphatic carbocycles. The van der Waals surface area contributed by atoms with E-state index in [-0.39, 0.29) is 31.4 Å². The molecule has 0 radical (unpaired) electrons. The van der Waals surface area contributed by atoms with Gasteiger partial charge in [-0.1, -0.05) is 18.2 Å². The van der Waals surface area contributed by atoms with E-state index in [1.807, 2.05) is 6.07 Å². The molecule has 2 N–H and O–H groups in total. The SMILES string of the molecule is Nc1ncnc2c1ncn2[C@@H]1O[C@H](COC(=O)c2ccccc2)[C@H]2OCO[C@H]21. The van der Waals surface area contributed by atoms with Gasteiger partial charge in [-0.15, -0.1) is 0 Å². The molecule has 0 bridgehead atoms. The topological polar surface area (TPSA) is 124 Å². The molecule has 28 heavy (non-hydrogen) atoms. The number of hydrogen-bond donors (Lipinski definition) is 1. The van der Waals surface area contributed by atoms with Crippen molar-refractivity contribution in [2.24, 2.45) is 0 Å². The molecule has 2 fully saturated rings. The number of anilines is 1. The normalized spacial score (nSPS) is 26.4. The zero-order chi connectivity index (χ0) is 19.1. The monoisotopic (exact) mass is 383 g/mol. The van der Waals surface area contributed by atoms with Gasteiger partial charge in [0.25, 0.3) is 0 Å². The van der Waals surface area contributed by atoms with Gasteiger partial charge in [-0.3, -0.25) is 4.57 Å². The van der Waals surface area contributed by atoms with Gasteiger partial charge in [0.05, 0.1) is 11.9 Å². The summed E-state index contributed by atoms with van der Waals surface area (Å²) in [7, 11) is 0. The van der Waals surface area contributed by atoms with Gasteiger partial charge < -0.3 is 24.7 Å². The van der Waals surface area contributed by atoms with Gasteiger partial charge in [-0.2, -0.15) is 0 Å². The number of ether oxygens (including phenoxy) is 4. The van der Waals surface area contributed by atoms with E-state index in [1.165, 1.54) is 6.33 Å². The molecule has 2 aliphatic heterocycles. The van der Waals surface area contributed by atoms with Gasteiger partial charge in [0, 0.05) is 0 Å². The highest BCUT2D eigenvalue weighted by molar-refractivity contribution is 5.89. The zero-order valence-corrected chi connectivity index (χ0v) is 14.7. The summed E-state index contributed by atoms with van der Waals surface area (Å²) in [4.78, 5) is 24.7. The van der Waals surface area contributed by atoms with Gasteiger partial charge in [0.2, 0.25) is 0 Å². The summed E-state index contributed by atoms with van der Waals surface area (Å²) in [5, 5.41) is 0. The number of nitrogen functional groups attached to an aromatic ring is 1. The first-order chi connectivity index (χ1) is 13.7. The van der Waals surface area contributed by atoms with Crippen molar-refractivity contribution in [2.75, 3.05) is 19.1 Å². The van der Waals surface area contributed by atoms with Gasteiger partial charge >= 0.3 is 5.97 Å². The lowest BCUT2D eigenvalue weighted by molar-refractivity contribution is -0.109. The number of esters is 1. The van der Waals surface area contributed by atoms with Crippen molar-refractivity contribution in [1.82, 2.24) is 19.5 Å². The molecule has 4 heterocycles. The number of fused-ring (bicyclic) bond motifs is 2. The van der Waals surface area contributed by atoms with Crippen LogP contribution in [0.4, 0.5) is 5.82 Å². The maximum atomic E-state index is 12.2. The molecule has 0 spiro atoms. The van der Waals surface area contributed by atoms with E-state index in [4.69, 9.17) is 24.7 Å². The number of nitrogens with zero attached hydrogens (tertiary/aromatic N) is 4. The standard InChI is InChI=1S/C18H17N5O5/c19-15-12-16(21-7-20-15)23(8-22-12)17-14-13(26-9-27-14)11(28-17)6-25-18(24)10-4-2-1-3-5-10/h1-5,7-8,11,13-14,17H,6,9H2,(H2,19,20,21)/t11-,13-,14-,17-/m1/s1. The average molecular weight is 383 g/mol. The number of benzene rings is 1. The Balaban J connectivity index is 1.36. The maximum Gasteiger partial charge on any atom is 0.338 e. The molecular formula is C18H17N5O5. The van der Waals surface area contributed by atoms with Crippen molar-refractivity contribution in [2.45, 2.75) is 24.5 Å². The minimum atomic E-state index is -0.535. The molecule has 144 valence electrons. The van der Waals surface area contributed by atoms with Gasteiger partial charge in [0.15, 0.2) is 17.7 Å². The number of carbonyl (C=O) groups is 1. The summed E-state index contributed by atoms with van der Waals surface area (Å²) in [6.07, 6.45) is 1.18. The minimum absolute atomic E-state index is 0.0402. The van der Waals surface area contributed by atoms with Crippen LogP contribution in [0.1, 0.15) is 16.6 Å². The van der Waals surface area contributed by atoms with E-state index in [9.17, 15) is 4.79 Å². The van der Waals surface area contributed by atoms with Crippen LogP contribution >= 0.6 is 0 Å². The lowest BCUT2D eigenvalue weighted by atomic mass is 10.1. The third-order valence-electron chi connectivity index (χ3n) is 4.86. The van der Waals surface area contributed by atoms with Crippen LogP contribution in [-0.2, 0) is 18.9 Å². The van der Waals surface area contributed by atoms with Gasteiger partial charge in [-0.05, 0) is 12.1 Å². The molecule has 4 atom stereocenters. The predicted molar refractivity (Wildman–Crippen MR) is 95.0 cm³/mol. The zero-order valence-electron chi connectivity index (χ0n) is 14.7. The van der Waals surface area contributed by atoms with Crippen LogP contribution in [0.5, 0.6) is 0 Å². The fraction of sp³-hybridized carbons (Fsp3) is 0.333. The number of hydrogen-bond acceptors (Lipinski definition) is 9. The Labute approximate surface area is 159 Å². The van der Waals surface area contributed by atoms with Crippen molar-refractivity contribution < 1.29 is 23.7 Å². The van der Waals surface area contributed by atoms with Crippen molar-refractivity contribution in [3.8, 4) is 0 Å². The highest BCUT2D eigenvalue weighted by Gasteiger charge is 2.51. The molecule has 3 aromatic rings. The maximum absolute atomic E-state index is 12.2. The predicted octanol–water partition coefficient (Wildman–Crippen LogP) is 0.904. The number of rotatable bonds is 4. The van der Waals surface area contributed by atoms with E-state index in [0.717, 1.165) is 0 Å². The Morgan fingerprint density at radius 2 is 2.00 bits per heavy atom. The summed E-state index contributed by atoms with van der Waals surface area (Å²) in [6.45, 7) is 0.181. The Bertz CT molecular complexity index is 1010. The summed E-state index contributed by atoms with van der Waals surface area (Å²) < 4.78 is 24.6. The molecule has 2 aromatic heterocycles. The highest BCUT2D eigenvalue weighted by Crippen LogP contribution is 2.38. The quantitative estimate of drug-likeness (QED) is 0.654. The molecule has 2 aliphatic rings. The summed E-state index contributed by atoms with van der Waals surface area (Å²) in [6, 6.07) is 8.78. The lowest BCUT2D eigenvalue weighted by Crippen LogP contribution is -2.32. The first kappa shape index (κ1) is 17.0. The molecule has 10 heteroatoms. The second kappa shape index (κ2) is 6.82. The largest absolute Gasteiger partial charge is 0.459 e. The summed E-state index contributed by atoms with van der Waals surface area (Å²) in [5.41, 5.74) is 7.36. The Morgan fingerprint density at radius 1 is 1.18 bits per heavy atom. The highest BCUT2D eigenvalue weighted by atomic mass is 16.7. The Kier molecular flexibility index (Phi) is 4.15. The molecule has 0 amide bonds. The van der Waals surface area contributed by atoms with Crippen LogP contribution in [0, 0.1) is 0 Å². The number of aromatic nitrogens is 4. The van der Waals surface area contributed by atoms with Gasteiger partial charge in [0.1, 0.15) is 43.6 Å². The van der Waals surface area contributed by atoms with Crippen LogP contribution < -0.4 is 5.73 Å². The van der Waals surface area contributed by atoms with E-state index in [1.54, 1.807) is 35.2 Å². The van der Waals surface area contributed by atoms with Crippen LogP contribution in [0.2, 0.25) is 0 Å². The van der Waals surface area contributed by atoms with Crippen LogP contribution in [-0.4, -0.2) is 57.2 Å². The Morgan fingerprint density at radius 3 is 2.86 bits per heavy atom. The van der Waals surface area contributed by atoms with Crippen LogP contribution in [0.15, 0.2) is 43.0 Å². The molecule has 5 rings (SSSR count). The number of imidazole rings is 1. The van der Waals surface area contributed by atoms with Crippen molar-refractivity contribution in [3.63, 3.8) is 0 Å². The molecule has 0 unspecified atom stereocenters. The first-order valence-electron chi connectivity index (χ1n) is 8.76. The first-order valence-corrected chi connectivity index (χ1v) is 8.76.